The summed E-state index contributed by atoms with van der Waals surface area (Å²) in [5.74, 6) is 1.63. The zero-order valence-electron chi connectivity index (χ0n) is 9.21. The first-order valence-electron chi connectivity index (χ1n) is 4.85. The van der Waals surface area contributed by atoms with E-state index in [0.717, 1.165) is 22.3 Å². The Hall–Kier alpha value is -1.75. The van der Waals surface area contributed by atoms with Crippen LogP contribution < -0.4 is 0 Å². The first kappa shape index (κ1) is 10.8. The average Bonchev–Trinajstić information content (AvgIpc) is 2.89. The molecule has 0 radical (unpaired) electrons. The molecule has 0 aliphatic carbocycles. The molecule has 4 nitrogen and oxygen atoms in total. The minimum absolute atomic E-state index is 0.783. The van der Waals surface area contributed by atoms with Gasteiger partial charge in [0.15, 0.2) is 16.6 Å². The maximum absolute atomic E-state index is 4.47. The van der Waals surface area contributed by atoms with Crippen molar-refractivity contribution in [3.63, 3.8) is 0 Å². The third kappa shape index (κ3) is 1.69. The summed E-state index contributed by atoms with van der Waals surface area (Å²) in [6, 6.07) is 0. The van der Waals surface area contributed by atoms with Crippen LogP contribution in [0.25, 0.3) is 16.9 Å². The van der Waals surface area contributed by atoms with E-state index in [1.807, 2.05) is 23.9 Å². The SMILES string of the molecule is C=Cc1nc(-c2nccs2)n(C)c1/N=C\C. The Bertz CT molecular complexity index is 522. The monoisotopic (exact) mass is 232 g/mol. The van der Waals surface area contributed by atoms with Crippen LogP contribution in [0.5, 0.6) is 0 Å². The molecule has 0 unspecified atom stereocenters. The van der Waals surface area contributed by atoms with Gasteiger partial charge in [-0.3, -0.25) is 0 Å². The third-order valence-electron chi connectivity index (χ3n) is 2.16. The van der Waals surface area contributed by atoms with Gasteiger partial charge in [-0.2, -0.15) is 0 Å². The van der Waals surface area contributed by atoms with Crippen LogP contribution in [-0.4, -0.2) is 20.7 Å². The van der Waals surface area contributed by atoms with Gasteiger partial charge < -0.3 is 4.57 Å². The van der Waals surface area contributed by atoms with Crippen molar-refractivity contribution in [3.8, 4) is 10.8 Å². The molecule has 0 aromatic carbocycles. The number of aliphatic imine (C=N–C) groups is 1. The number of aromatic nitrogens is 3. The molecule has 0 fully saturated rings. The quantitative estimate of drug-likeness (QED) is 0.764. The van der Waals surface area contributed by atoms with E-state index in [9.17, 15) is 0 Å². The molecule has 0 saturated heterocycles. The highest BCUT2D eigenvalue weighted by atomic mass is 32.1. The zero-order valence-corrected chi connectivity index (χ0v) is 10.0. The van der Waals surface area contributed by atoms with Crippen LogP contribution >= 0.6 is 11.3 Å². The largest absolute Gasteiger partial charge is 0.310 e. The molecule has 5 heteroatoms. The Morgan fingerprint density at radius 2 is 2.38 bits per heavy atom. The summed E-state index contributed by atoms with van der Waals surface area (Å²) in [6.45, 7) is 5.62. The summed E-state index contributed by atoms with van der Waals surface area (Å²) in [5, 5.41) is 2.82. The Labute approximate surface area is 98.0 Å². The highest BCUT2D eigenvalue weighted by Crippen LogP contribution is 2.28. The van der Waals surface area contributed by atoms with Gasteiger partial charge in [0.1, 0.15) is 5.69 Å². The van der Waals surface area contributed by atoms with Crippen LogP contribution in [0.1, 0.15) is 12.6 Å². The van der Waals surface area contributed by atoms with Crippen molar-refractivity contribution in [2.24, 2.45) is 12.0 Å². The fraction of sp³-hybridized carbons (Fsp3) is 0.182. The maximum Gasteiger partial charge on any atom is 0.171 e. The maximum atomic E-state index is 4.47. The second kappa shape index (κ2) is 4.40. The van der Waals surface area contributed by atoms with Crippen molar-refractivity contribution < 1.29 is 0 Å². The number of thiazole rings is 1. The minimum atomic E-state index is 0.783. The standard InChI is InChI=1S/C11H12N4S/c1-4-8-9(12-5-2)15(3)10(14-8)11-13-6-7-16-11/h4-7H,1H2,2-3H3/b12-5-. The second-order valence-corrected chi connectivity index (χ2v) is 4.03. The lowest BCUT2D eigenvalue weighted by Crippen LogP contribution is -1.91. The molecule has 2 aromatic heterocycles. The molecule has 0 atom stereocenters. The second-order valence-electron chi connectivity index (χ2n) is 3.13. The van der Waals surface area contributed by atoms with Gasteiger partial charge in [-0.25, -0.2) is 15.0 Å². The highest BCUT2D eigenvalue weighted by molar-refractivity contribution is 7.13. The third-order valence-corrected chi connectivity index (χ3v) is 2.93. The Kier molecular flexibility index (Phi) is 2.96. The molecule has 0 spiro atoms. The Balaban J connectivity index is 2.61. The summed E-state index contributed by atoms with van der Waals surface area (Å²) in [5.41, 5.74) is 0.783. The number of hydrogen-bond donors (Lipinski definition) is 0. The molecule has 16 heavy (non-hydrogen) atoms. The molecule has 2 aromatic rings. The van der Waals surface area contributed by atoms with Crippen molar-refractivity contribution in [1.29, 1.82) is 0 Å². The summed E-state index contributed by atoms with van der Waals surface area (Å²) in [7, 11) is 1.93. The Morgan fingerprint density at radius 1 is 1.56 bits per heavy atom. The van der Waals surface area contributed by atoms with Crippen molar-refractivity contribution in [2.75, 3.05) is 0 Å². The van der Waals surface area contributed by atoms with E-state index < -0.39 is 0 Å². The Morgan fingerprint density at radius 3 is 2.94 bits per heavy atom. The van der Waals surface area contributed by atoms with Gasteiger partial charge in [0, 0.05) is 24.8 Å². The molecule has 0 amide bonds. The number of rotatable bonds is 3. The van der Waals surface area contributed by atoms with E-state index in [4.69, 9.17) is 0 Å². The summed E-state index contributed by atoms with van der Waals surface area (Å²) < 4.78 is 1.93. The summed E-state index contributed by atoms with van der Waals surface area (Å²) >= 11 is 1.56. The topological polar surface area (TPSA) is 43.1 Å². The van der Waals surface area contributed by atoms with Gasteiger partial charge in [0.2, 0.25) is 0 Å². The summed E-state index contributed by atoms with van der Waals surface area (Å²) in [4.78, 5) is 13.0. The van der Waals surface area contributed by atoms with Gasteiger partial charge in [-0.05, 0) is 13.0 Å². The molecular weight excluding hydrogens is 220 g/mol. The molecule has 0 N–H and O–H groups in total. The van der Waals surface area contributed by atoms with Gasteiger partial charge in [-0.15, -0.1) is 11.3 Å². The van der Waals surface area contributed by atoms with Crippen molar-refractivity contribution in [2.45, 2.75) is 6.92 Å². The van der Waals surface area contributed by atoms with Crippen LogP contribution in [0.2, 0.25) is 0 Å². The van der Waals surface area contributed by atoms with Gasteiger partial charge in [0.05, 0.1) is 0 Å². The van der Waals surface area contributed by atoms with Gasteiger partial charge in [0.25, 0.3) is 0 Å². The van der Waals surface area contributed by atoms with E-state index in [1.165, 1.54) is 0 Å². The minimum Gasteiger partial charge on any atom is -0.310 e. The molecule has 82 valence electrons. The average molecular weight is 232 g/mol. The molecule has 2 rings (SSSR count). The highest BCUT2D eigenvalue weighted by Gasteiger charge is 2.14. The predicted octanol–water partition coefficient (Wildman–Crippen LogP) is 2.91. The summed E-state index contributed by atoms with van der Waals surface area (Å²) in [6.07, 6.45) is 5.22. The van der Waals surface area contributed by atoms with E-state index in [2.05, 4.69) is 21.5 Å². The lowest BCUT2D eigenvalue weighted by Gasteiger charge is -1.98. The lowest BCUT2D eigenvalue weighted by atomic mass is 10.4. The van der Waals surface area contributed by atoms with Crippen LogP contribution in [0.3, 0.4) is 0 Å². The van der Waals surface area contributed by atoms with Crippen LogP contribution in [-0.2, 0) is 7.05 Å². The number of hydrogen-bond acceptors (Lipinski definition) is 4. The predicted molar refractivity (Wildman–Crippen MR) is 68.2 cm³/mol. The van der Waals surface area contributed by atoms with Crippen molar-refractivity contribution in [3.05, 3.63) is 23.8 Å². The van der Waals surface area contributed by atoms with E-state index in [0.29, 0.717) is 0 Å². The lowest BCUT2D eigenvalue weighted by molar-refractivity contribution is 0.921. The number of nitrogens with zero attached hydrogens (tertiary/aromatic N) is 4. The number of imidazole rings is 1. The van der Waals surface area contributed by atoms with E-state index >= 15 is 0 Å². The van der Waals surface area contributed by atoms with Crippen LogP contribution in [0.4, 0.5) is 5.82 Å². The van der Waals surface area contributed by atoms with E-state index in [-0.39, 0.29) is 0 Å². The fourth-order valence-corrected chi connectivity index (χ4v) is 2.11. The fourth-order valence-electron chi connectivity index (χ4n) is 1.45. The van der Waals surface area contributed by atoms with Crippen molar-refractivity contribution >= 4 is 29.4 Å². The first-order chi connectivity index (χ1) is 7.77. The molecule has 0 aliphatic rings. The molecule has 2 heterocycles. The molecule has 0 aliphatic heterocycles. The van der Waals surface area contributed by atoms with Gasteiger partial charge in [-0.1, -0.05) is 6.58 Å². The normalized spacial score (nSPS) is 11.1. The zero-order chi connectivity index (χ0) is 11.5. The van der Waals surface area contributed by atoms with Crippen LogP contribution in [0.15, 0.2) is 23.1 Å². The first-order valence-corrected chi connectivity index (χ1v) is 5.73. The van der Waals surface area contributed by atoms with E-state index in [1.54, 1.807) is 29.8 Å². The van der Waals surface area contributed by atoms with Crippen molar-refractivity contribution in [1.82, 2.24) is 14.5 Å². The smallest absolute Gasteiger partial charge is 0.171 e. The molecular formula is C11H12N4S. The van der Waals surface area contributed by atoms with Gasteiger partial charge >= 0.3 is 0 Å². The molecule has 0 saturated carbocycles. The van der Waals surface area contributed by atoms with Crippen LogP contribution in [0, 0.1) is 0 Å². The molecule has 0 bridgehead atoms.